The van der Waals surface area contributed by atoms with E-state index in [0.717, 1.165) is 27.8 Å². The van der Waals surface area contributed by atoms with Gasteiger partial charge in [0.05, 0.1) is 19.1 Å². The van der Waals surface area contributed by atoms with Crippen molar-refractivity contribution in [2.45, 2.75) is 25.8 Å². The Kier molecular flexibility index (Phi) is 5.47. The quantitative estimate of drug-likeness (QED) is 0.700. The number of amides is 2. The van der Waals surface area contributed by atoms with E-state index in [1.807, 2.05) is 73.7 Å². The molecule has 5 heteroatoms. The summed E-state index contributed by atoms with van der Waals surface area (Å²) in [6.07, 6.45) is 0.615. The predicted octanol–water partition coefficient (Wildman–Crippen LogP) is 3.70. The van der Waals surface area contributed by atoms with Crippen LogP contribution in [0.25, 0.3) is 10.8 Å². The van der Waals surface area contributed by atoms with Crippen molar-refractivity contribution in [1.29, 1.82) is 0 Å². The minimum absolute atomic E-state index is 0.0182. The molecule has 0 aromatic heterocycles. The zero-order valence-corrected chi connectivity index (χ0v) is 16.4. The number of carbonyl (C=O) groups is 2. The summed E-state index contributed by atoms with van der Waals surface area (Å²) < 4.78 is 5.45. The number of ether oxygens (including phenoxy) is 1. The molecule has 0 spiro atoms. The Morgan fingerprint density at radius 2 is 1.83 bits per heavy atom. The third-order valence-corrected chi connectivity index (χ3v) is 5.18. The van der Waals surface area contributed by atoms with Crippen molar-refractivity contribution >= 4 is 28.3 Å². The van der Waals surface area contributed by atoms with E-state index in [-0.39, 0.29) is 17.9 Å². The second-order valence-corrected chi connectivity index (χ2v) is 7.21. The molecular weight excluding hydrogens is 364 g/mol. The average molecular weight is 388 g/mol. The highest BCUT2D eigenvalue weighted by molar-refractivity contribution is 5.97. The zero-order chi connectivity index (χ0) is 20.2. The van der Waals surface area contributed by atoms with E-state index < -0.39 is 0 Å². The van der Waals surface area contributed by atoms with Crippen molar-refractivity contribution in [3.8, 4) is 5.75 Å². The van der Waals surface area contributed by atoms with Gasteiger partial charge < -0.3 is 15.0 Å². The molecule has 1 fully saturated rings. The minimum atomic E-state index is -0.184. The summed E-state index contributed by atoms with van der Waals surface area (Å²) in [5.74, 6) is 0.736. The van der Waals surface area contributed by atoms with Crippen molar-refractivity contribution in [3.63, 3.8) is 0 Å². The lowest BCUT2D eigenvalue weighted by Crippen LogP contribution is -2.38. The Balaban J connectivity index is 1.40. The molecule has 1 aliphatic rings. The van der Waals surface area contributed by atoms with Gasteiger partial charge in [0.2, 0.25) is 11.8 Å². The number of fused-ring (bicyclic) bond motifs is 1. The summed E-state index contributed by atoms with van der Waals surface area (Å²) in [5, 5.41) is 5.24. The molecule has 0 aliphatic carbocycles. The molecule has 0 saturated carbocycles. The average Bonchev–Trinajstić information content (AvgIpc) is 3.09. The van der Waals surface area contributed by atoms with Gasteiger partial charge in [0, 0.05) is 18.7 Å². The molecule has 1 N–H and O–H groups in total. The van der Waals surface area contributed by atoms with Crippen LogP contribution in [0.5, 0.6) is 5.75 Å². The van der Waals surface area contributed by atoms with E-state index in [0.29, 0.717) is 26.0 Å². The summed E-state index contributed by atoms with van der Waals surface area (Å²) in [6, 6.07) is 21.3. The number of nitrogens with one attached hydrogen (secondary N) is 1. The third kappa shape index (κ3) is 4.24. The van der Waals surface area contributed by atoms with Gasteiger partial charge in [-0.2, -0.15) is 0 Å². The SMILES string of the molecule is CCOc1ccc(N2C[C@@H](NC(=O)Cc3cccc4ccccc34)CC2=O)cc1. The molecule has 0 bridgehead atoms. The maximum Gasteiger partial charge on any atom is 0.229 e. The first-order valence-electron chi connectivity index (χ1n) is 9.93. The van der Waals surface area contributed by atoms with Crippen molar-refractivity contribution in [1.82, 2.24) is 5.32 Å². The third-order valence-electron chi connectivity index (χ3n) is 5.18. The molecule has 5 nitrogen and oxygen atoms in total. The molecule has 1 saturated heterocycles. The lowest BCUT2D eigenvalue weighted by molar-refractivity contribution is -0.121. The van der Waals surface area contributed by atoms with Crippen molar-refractivity contribution in [2.24, 2.45) is 0 Å². The first kappa shape index (κ1) is 19.0. The predicted molar refractivity (Wildman–Crippen MR) is 114 cm³/mol. The molecule has 0 radical (unpaired) electrons. The summed E-state index contributed by atoms with van der Waals surface area (Å²) in [4.78, 5) is 26.8. The second-order valence-electron chi connectivity index (χ2n) is 7.21. The van der Waals surface area contributed by atoms with Gasteiger partial charge in [-0.1, -0.05) is 42.5 Å². The largest absolute Gasteiger partial charge is 0.494 e. The molecule has 29 heavy (non-hydrogen) atoms. The normalized spacial score (nSPS) is 16.2. The molecule has 4 rings (SSSR count). The van der Waals surface area contributed by atoms with E-state index in [2.05, 4.69) is 5.32 Å². The van der Waals surface area contributed by atoms with Crippen LogP contribution in [0, 0.1) is 0 Å². The zero-order valence-electron chi connectivity index (χ0n) is 16.4. The highest BCUT2D eigenvalue weighted by Gasteiger charge is 2.31. The Hall–Kier alpha value is -3.34. The number of benzene rings is 3. The van der Waals surface area contributed by atoms with Gasteiger partial charge in [-0.3, -0.25) is 9.59 Å². The fourth-order valence-corrected chi connectivity index (χ4v) is 3.84. The van der Waals surface area contributed by atoms with Crippen molar-refractivity contribution < 1.29 is 14.3 Å². The molecule has 2 amide bonds. The van der Waals surface area contributed by atoms with Gasteiger partial charge in [0.15, 0.2) is 0 Å². The summed E-state index contributed by atoms with van der Waals surface area (Å²) >= 11 is 0. The number of rotatable bonds is 6. The van der Waals surface area contributed by atoms with Crippen LogP contribution in [0.4, 0.5) is 5.69 Å². The number of hydrogen-bond acceptors (Lipinski definition) is 3. The molecule has 1 aliphatic heterocycles. The van der Waals surface area contributed by atoms with Crippen LogP contribution in [0.3, 0.4) is 0 Å². The monoisotopic (exact) mass is 388 g/mol. The van der Waals surface area contributed by atoms with Crippen LogP contribution in [0.1, 0.15) is 18.9 Å². The highest BCUT2D eigenvalue weighted by atomic mass is 16.5. The van der Waals surface area contributed by atoms with Gasteiger partial charge in [0.25, 0.3) is 0 Å². The Labute approximate surface area is 170 Å². The number of hydrogen-bond donors (Lipinski definition) is 1. The Bertz CT molecular complexity index is 1020. The number of carbonyl (C=O) groups excluding carboxylic acids is 2. The van der Waals surface area contributed by atoms with Gasteiger partial charge in [-0.25, -0.2) is 0 Å². The van der Waals surface area contributed by atoms with Crippen LogP contribution in [0.15, 0.2) is 66.7 Å². The smallest absolute Gasteiger partial charge is 0.229 e. The van der Waals surface area contributed by atoms with Crippen LogP contribution in [0.2, 0.25) is 0 Å². The topological polar surface area (TPSA) is 58.6 Å². The van der Waals surface area contributed by atoms with Crippen molar-refractivity contribution in [3.05, 3.63) is 72.3 Å². The minimum Gasteiger partial charge on any atom is -0.494 e. The highest BCUT2D eigenvalue weighted by Crippen LogP contribution is 2.24. The second kappa shape index (κ2) is 8.35. The molecular formula is C24H24N2O3. The van der Waals surface area contributed by atoms with E-state index in [1.54, 1.807) is 4.90 Å². The summed E-state index contributed by atoms with van der Waals surface area (Å²) in [6.45, 7) is 3.02. The molecule has 1 atom stereocenters. The van der Waals surface area contributed by atoms with Gasteiger partial charge in [0.1, 0.15) is 5.75 Å². The van der Waals surface area contributed by atoms with Gasteiger partial charge in [-0.15, -0.1) is 0 Å². The van der Waals surface area contributed by atoms with E-state index in [1.165, 1.54) is 0 Å². The summed E-state index contributed by atoms with van der Waals surface area (Å²) in [5.41, 5.74) is 1.82. The molecule has 148 valence electrons. The van der Waals surface area contributed by atoms with E-state index in [9.17, 15) is 9.59 Å². The van der Waals surface area contributed by atoms with Crippen LogP contribution in [-0.2, 0) is 16.0 Å². The first-order valence-corrected chi connectivity index (χ1v) is 9.93. The molecule has 3 aromatic rings. The standard InChI is InChI=1S/C24H24N2O3/c1-2-29-21-12-10-20(11-13-21)26-16-19(15-24(26)28)25-23(27)14-18-8-5-7-17-6-3-4-9-22(17)18/h3-13,19H,2,14-16H2,1H3,(H,25,27)/t19-/m0/s1. The van der Waals surface area contributed by atoms with Crippen LogP contribution >= 0.6 is 0 Å². The van der Waals surface area contributed by atoms with E-state index >= 15 is 0 Å². The van der Waals surface area contributed by atoms with Crippen LogP contribution in [-0.4, -0.2) is 31.0 Å². The number of nitrogens with zero attached hydrogens (tertiary/aromatic N) is 1. The molecule has 1 heterocycles. The lowest BCUT2D eigenvalue weighted by atomic mass is 10.0. The number of anilines is 1. The van der Waals surface area contributed by atoms with Crippen LogP contribution < -0.4 is 15.0 Å². The van der Waals surface area contributed by atoms with Crippen molar-refractivity contribution in [2.75, 3.05) is 18.1 Å². The Morgan fingerprint density at radius 3 is 2.62 bits per heavy atom. The summed E-state index contributed by atoms with van der Waals surface area (Å²) in [7, 11) is 0. The van der Waals surface area contributed by atoms with E-state index in [4.69, 9.17) is 4.74 Å². The van der Waals surface area contributed by atoms with Gasteiger partial charge >= 0.3 is 0 Å². The molecule has 0 unspecified atom stereocenters. The molecule has 3 aromatic carbocycles. The Morgan fingerprint density at radius 1 is 1.07 bits per heavy atom. The van der Waals surface area contributed by atoms with Gasteiger partial charge in [-0.05, 0) is 47.5 Å². The fraction of sp³-hybridized carbons (Fsp3) is 0.250. The fourth-order valence-electron chi connectivity index (χ4n) is 3.84. The lowest BCUT2D eigenvalue weighted by Gasteiger charge is -2.18. The maximum absolute atomic E-state index is 12.6. The first-order chi connectivity index (χ1) is 14.1. The maximum atomic E-state index is 12.6.